The second-order valence-corrected chi connectivity index (χ2v) is 4.79. The number of carbonyl (C=O) groups is 1. The molecule has 5 nitrogen and oxygen atoms in total. The van der Waals surface area contributed by atoms with Crippen LogP contribution in [0, 0.1) is 5.92 Å². The Hall–Kier alpha value is -1.23. The first-order chi connectivity index (χ1) is 8.72. The minimum atomic E-state index is -0.201. The van der Waals surface area contributed by atoms with Gasteiger partial charge < -0.3 is 9.26 Å². The lowest BCUT2D eigenvalue weighted by Crippen LogP contribution is -2.20. The quantitative estimate of drug-likeness (QED) is 0.754. The van der Waals surface area contributed by atoms with Crippen LogP contribution in [0.25, 0.3) is 0 Å². The summed E-state index contributed by atoms with van der Waals surface area (Å²) in [5.74, 6) is 0.836. The topological polar surface area (TPSA) is 65.2 Å². The molecule has 18 heavy (non-hydrogen) atoms. The molecule has 0 N–H and O–H groups in total. The van der Waals surface area contributed by atoms with E-state index >= 15 is 0 Å². The van der Waals surface area contributed by atoms with Gasteiger partial charge in [0, 0.05) is 13.5 Å². The molecule has 2 rings (SSSR count). The van der Waals surface area contributed by atoms with Crippen molar-refractivity contribution in [3.05, 3.63) is 11.7 Å². The van der Waals surface area contributed by atoms with Crippen LogP contribution in [0.15, 0.2) is 4.52 Å². The van der Waals surface area contributed by atoms with E-state index in [4.69, 9.17) is 9.26 Å². The van der Waals surface area contributed by atoms with Crippen LogP contribution in [0.2, 0.25) is 0 Å². The van der Waals surface area contributed by atoms with E-state index in [-0.39, 0.29) is 17.8 Å². The molecule has 1 saturated carbocycles. The van der Waals surface area contributed by atoms with E-state index in [2.05, 4.69) is 10.1 Å². The second-order valence-electron chi connectivity index (χ2n) is 4.79. The van der Waals surface area contributed by atoms with Crippen LogP contribution in [0.3, 0.4) is 0 Å². The molecule has 1 atom stereocenters. The van der Waals surface area contributed by atoms with Gasteiger partial charge in [0.15, 0.2) is 0 Å². The van der Waals surface area contributed by atoms with Gasteiger partial charge in [0.25, 0.3) is 5.89 Å². The Morgan fingerprint density at radius 2 is 2.17 bits per heavy atom. The normalized spacial score (nSPS) is 18.8. The van der Waals surface area contributed by atoms with E-state index < -0.39 is 0 Å². The molecule has 1 aromatic rings. The van der Waals surface area contributed by atoms with Gasteiger partial charge in [-0.15, -0.1) is 0 Å². The van der Waals surface area contributed by atoms with Crippen molar-refractivity contribution < 1.29 is 14.1 Å². The van der Waals surface area contributed by atoms with Gasteiger partial charge in [-0.3, -0.25) is 4.79 Å². The molecule has 0 amide bonds. The summed E-state index contributed by atoms with van der Waals surface area (Å²) < 4.78 is 10.7. The van der Waals surface area contributed by atoms with Crippen molar-refractivity contribution in [2.24, 2.45) is 5.92 Å². The number of rotatable bonds is 5. The monoisotopic (exact) mass is 252 g/mol. The molecule has 1 aliphatic carbocycles. The van der Waals surface area contributed by atoms with E-state index in [1.807, 2.05) is 6.92 Å². The number of nitrogens with zero attached hydrogens (tertiary/aromatic N) is 2. The van der Waals surface area contributed by atoms with Crippen LogP contribution in [0.1, 0.15) is 68.6 Å². The molecular formula is C13H20N2O3. The molecule has 0 spiro atoms. The van der Waals surface area contributed by atoms with Gasteiger partial charge in [0.2, 0.25) is 11.6 Å². The van der Waals surface area contributed by atoms with Gasteiger partial charge in [0.1, 0.15) is 6.10 Å². The molecule has 0 bridgehead atoms. The number of ketones is 1. The Balaban J connectivity index is 2.14. The van der Waals surface area contributed by atoms with Crippen molar-refractivity contribution in [1.29, 1.82) is 0 Å². The average Bonchev–Trinajstić information content (AvgIpc) is 2.86. The molecule has 1 unspecified atom stereocenters. The highest BCUT2D eigenvalue weighted by molar-refractivity contribution is 5.89. The van der Waals surface area contributed by atoms with Crippen molar-refractivity contribution in [2.75, 3.05) is 6.61 Å². The first kappa shape index (κ1) is 13.2. The zero-order chi connectivity index (χ0) is 13.0. The molecule has 1 heterocycles. The zero-order valence-corrected chi connectivity index (χ0v) is 11.0. The Labute approximate surface area is 107 Å². The van der Waals surface area contributed by atoms with Gasteiger partial charge in [-0.25, -0.2) is 0 Å². The van der Waals surface area contributed by atoms with Gasteiger partial charge >= 0.3 is 0 Å². The molecule has 1 aromatic heterocycles. The van der Waals surface area contributed by atoms with Gasteiger partial charge in [-0.1, -0.05) is 24.4 Å². The number of carbonyl (C=O) groups excluding carboxylic acids is 1. The summed E-state index contributed by atoms with van der Waals surface area (Å²) in [5, 5.41) is 3.90. The first-order valence-electron chi connectivity index (χ1n) is 6.68. The Morgan fingerprint density at radius 3 is 2.72 bits per heavy atom. The summed E-state index contributed by atoms with van der Waals surface area (Å²) in [6, 6.07) is 0. The molecular weight excluding hydrogens is 232 g/mol. The van der Waals surface area contributed by atoms with E-state index in [1.165, 1.54) is 26.2 Å². The second kappa shape index (κ2) is 6.09. The lowest BCUT2D eigenvalue weighted by Gasteiger charge is -2.27. The van der Waals surface area contributed by atoms with Crippen LogP contribution in [0.5, 0.6) is 0 Å². The molecule has 0 saturated heterocycles. The van der Waals surface area contributed by atoms with E-state index in [0.29, 0.717) is 18.3 Å². The standard InChI is InChI=1S/C13H20N2O3/c1-3-17-11(10-7-5-4-6-8-10)12-14-13(9(2)16)18-15-12/h10-11H,3-8H2,1-2H3. The van der Waals surface area contributed by atoms with Gasteiger partial charge in [-0.2, -0.15) is 4.98 Å². The summed E-state index contributed by atoms with van der Waals surface area (Å²) in [4.78, 5) is 15.3. The number of aromatic nitrogens is 2. The van der Waals surface area contributed by atoms with Crippen molar-refractivity contribution in [2.45, 2.75) is 52.1 Å². The average molecular weight is 252 g/mol. The molecule has 100 valence electrons. The maximum Gasteiger partial charge on any atom is 0.293 e. The summed E-state index contributed by atoms with van der Waals surface area (Å²) >= 11 is 0. The third kappa shape index (κ3) is 2.96. The van der Waals surface area contributed by atoms with Crippen molar-refractivity contribution in [3.63, 3.8) is 0 Å². The highest BCUT2D eigenvalue weighted by Crippen LogP contribution is 2.35. The van der Waals surface area contributed by atoms with E-state index in [0.717, 1.165) is 12.8 Å². The first-order valence-corrected chi connectivity index (χ1v) is 6.68. The lowest BCUT2D eigenvalue weighted by molar-refractivity contribution is -0.00145. The fourth-order valence-electron chi connectivity index (χ4n) is 2.53. The third-order valence-electron chi connectivity index (χ3n) is 3.42. The van der Waals surface area contributed by atoms with Crippen LogP contribution in [0.4, 0.5) is 0 Å². The fourth-order valence-corrected chi connectivity index (χ4v) is 2.53. The Bertz CT molecular complexity index is 397. The summed E-state index contributed by atoms with van der Waals surface area (Å²) in [6.07, 6.45) is 5.88. The zero-order valence-electron chi connectivity index (χ0n) is 11.0. The fraction of sp³-hybridized carbons (Fsp3) is 0.769. The van der Waals surface area contributed by atoms with Crippen LogP contribution in [-0.4, -0.2) is 22.5 Å². The maximum atomic E-state index is 11.2. The predicted octanol–water partition coefficient (Wildman–Crippen LogP) is 2.93. The highest BCUT2D eigenvalue weighted by atomic mass is 16.5. The highest BCUT2D eigenvalue weighted by Gasteiger charge is 2.29. The molecule has 0 aromatic carbocycles. The summed E-state index contributed by atoms with van der Waals surface area (Å²) in [6.45, 7) is 4.00. The van der Waals surface area contributed by atoms with Crippen molar-refractivity contribution in [1.82, 2.24) is 10.1 Å². The van der Waals surface area contributed by atoms with Crippen LogP contribution in [-0.2, 0) is 4.74 Å². The molecule has 0 radical (unpaired) electrons. The third-order valence-corrected chi connectivity index (χ3v) is 3.42. The number of hydrogen-bond acceptors (Lipinski definition) is 5. The Morgan fingerprint density at radius 1 is 1.44 bits per heavy atom. The molecule has 1 fully saturated rings. The number of ether oxygens (including phenoxy) is 1. The molecule has 0 aliphatic heterocycles. The lowest BCUT2D eigenvalue weighted by atomic mass is 9.85. The molecule has 1 aliphatic rings. The van der Waals surface area contributed by atoms with Crippen molar-refractivity contribution in [3.8, 4) is 0 Å². The van der Waals surface area contributed by atoms with Crippen molar-refractivity contribution >= 4 is 5.78 Å². The number of Topliss-reactive ketones (excluding diaryl/α,β-unsaturated/α-hetero) is 1. The minimum Gasteiger partial charge on any atom is -0.370 e. The van der Waals surface area contributed by atoms with Gasteiger partial charge in [-0.05, 0) is 25.7 Å². The van der Waals surface area contributed by atoms with Gasteiger partial charge in [0.05, 0.1) is 0 Å². The van der Waals surface area contributed by atoms with E-state index in [1.54, 1.807) is 0 Å². The van der Waals surface area contributed by atoms with Crippen LogP contribution < -0.4 is 0 Å². The maximum absolute atomic E-state index is 11.2. The van der Waals surface area contributed by atoms with Crippen LogP contribution >= 0.6 is 0 Å². The number of hydrogen-bond donors (Lipinski definition) is 0. The van der Waals surface area contributed by atoms with E-state index in [9.17, 15) is 4.79 Å². The minimum absolute atomic E-state index is 0.0745. The predicted molar refractivity (Wildman–Crippen MR) is 65.2 cm³/mol. The largest absolute Gasteiger partial charge is 0.370 e. The Kier molecular flexibility index (Phi) is 4.47. The summed E-state index contributed by atoms with van der Waals surface area (Å²) in [5.41, 5.74) is 0. The smallest absolute Gasteiger partial charge is 0.293 e. The SMILES string of the molecule is CCOC(c1noc(C(C)=O)n1)C1CCCCC1. The summed E-state index contributed by atoms with van der Waals surface area (Å²) in [7, 11) is 0. The molecule has 5 heteroatoms.